The standard InChI is InChI=1S/C8H17N3/c1-6-9-11-7(2)10-8(3,4)5/h10H,2,6H2,1,3-5H3/b11-9-. The van der Waals surface area contributed by atoms with E-state index in [1.54, 1.807) is 0 Å². The van der Waals surface area contributed by atoms with Crippen molar-refractivity contribution in [1.29, 1.82) is 0 Å². The Kier molecular flexibility index (Phi) is 3.79. The third-order valence-corrected chi connectivity index (χ3v) is 0.852. The molecule has 0 spiro atoms. The highest BCUT2D eigenvalue weighted by Crippen LogP contribution is 2.02. The molecule has 0 aliphatic rings. The van der Waals surface area contributed by atoms with E-state index in [0.717, 1.165) is 0 Å². The minimum atomic E-state index is 0.0177. The van der Waals surface area contributed by atoms with Crippen LogP contribution in [-0.2, 0) is 0 Å². The molecular formula is C8H17N3. The molecule has 0 aliphatic carbocycles. The zero-order valence-corrected chi connectivity index (χ0v) is 7.81. The molecule has 0 aromatic carbocycles. The van der Waals surface area contributed by atoms with E-state index in [2.05, 4.69) is 42.9 Å². The number of nitrogens with zero attached hydrogens (tertiary/aromatic N) is 2. The molecule has 3 heteroatoms. The van der Waals surface area contributed by atoms with Gasteiger partial charge in [0.2, 0.25) is 0 Å². The van der Waals surface area contributed by atoms with Crippen LogP contribution in [0.2, 0.25) is 0 Å². The zero-order valence-electron chi connectivity index (χ0n) is 7.81. The average molecular weight is 155 g/mol. The summed E-state index contributed by atoms with van der Waals surface area (Å²) < 4.78 is 0. The van der Waals surface area contributed by atoms with Crippen molar-refractivity contribution in [3.8, 4) is 0 Å². The first-order valence-electron chi connectivity index (χ1n) is 3.80. The topological polar surface area (TPSA) is 36.8 Å². The molecular weight excluding hydrogens is 138 g/mol. The second-order valence-electron chi connectivity index (χ2n) is 3.38. The van der Waals surface area contributed by atoms with Gasteiger partial charge in [0.1, 0.15) is 5.82 Å². The lowest BCUT2D eigenvalue weighted by atomic mass is 10.1. The Labute approximate surface area is 68.6 Å². The predicted molar refractivity (Wildman–Crippen MR) is 47.4 cm³/mol. The van der Waals surface area contributed by atoms with Crippen molar-refractivity contribution in [1.82, 2.24) is 5.32 Å². The molecule has 0 unspecified atom stereocenters. The van der Waals surface area contributed by atoms with Gasteiger partial charge in [0.15, 0.2) is 0 Å². The van der Waals surface area contributed by atoms with Crippen LogP contribution < -0.4 is 5.32 Å². The van der Waals surface area contributed by atoms with Crippen LogP contribution in [-0.4, -0.2) is 12.1 Å². The Morgan fingerprint density at radius 3 is 2.36 bits per heavy atom. The fraction of sp³-hybridized carbons (Fsp3) is 0.750. The van der Waals surface area contributed by atoms with Gasteiger partial charge in [-0.05, 0) is 27.7 Å². The molecule has 11 heavy (non-hydrogen) atoms. The Bertz CT molecular complexity index is 153. The third-order valence-electron chi connectivity index (χ3n) is 0.852. The summed E-state index contributed by atoms with van der Waals surface area (Å²) >= 11 is 0. The van der Waals surface area contributed by atoms with Gasteiger partial charge in [-0.2, -0.15) is 5.11 Å². The molecule has 0 aliphatic heterocycles. The summed E-state index contributed by atoms with van der Waals surface area (Å²) in [5.41, 5.74) is 0.0177. The van der Waals surface area contributed by atoms with Crippen LogP contribution in [0.4, 0.5) is 0 Å². The van der Waals surface area contributed by atoms with E-state index in [1.165, 1.54) is 0 Å². The van der Waals surface area contributed by atoms with E-state index in [1.807, 2.05) is 6.92 Å². The Hall–Kier alpha value is -0.860. The smallest absolute Gasteiger partial charge is 0.141 e. The quantitative estimate of drug-likeness (QED) is 0.624. The Balaban J connectivity index is 3.80. The first kappa shape index (κ1) is 10.1. The van der Waals surface area contributed by atoms with Crippen molar-refractivity contribution in [2.24, 2.45) is 10.2 Å². The highest BCUT2D eigenvalue weighted by molar-refractivity contribution is 4.92. The maximum absolute atomic E-state index is 3.85. The molecule has 3 nitrogen and oxygen atoms in total. The largest absolute Gasteiger partial charge is 0.364 e. The van der Waals surface area contributed by atoms with Crippen molar-refractivity contribution < 1.29 is 0 Å². The number of nitrogens with one attached hydrogen (secondary N) is 1. The SMILES string of the molecule is C=C(/N=N\CC)NC(C)(C)C. The summed E-state index contributed by atoms with van der Waals surface area (Å²) in [4.78, 5) is 0. The molecule has 0 heterocycles. The van der Waals surface area contributed by atoms with Crippen LogP contribution in [0, 0.1) is 0 Å². The van der Waals surface area contributed by atoms with E-state index in [-0.39, 0.29) is 5.54 Å². The van der Waals surface area contributed by atoms with E-state index in [0.29, 0.717) is 12.4 Å². The monoisotopic (exact) mass is 155 g/mol. The highest BCUT2D eigenvalue weighted by atomic mass is 15.2. The molecule has 0 radical (unpaired) electrons. The molecule has 0 atom stereocenters. The van der Waals surface area contributed by atoms with Crippen LogP contribution in [0.1, 0.15) is 27.7 Å². The fourth-order valence-electron chi connectivity index (χ4n) is 0.614. The van der Waals surface area contributed by atoms with Gasteiger partial charge < -0.3 is 5.32 Å². The number of hydrogen-bond donors (Lipinski definition) is 1. The zero-order chi connectivity index (χ0) is 8.91. The molecule has 0 aromatic heterocycles. The lowest BCUT2D eigenvalue weighted by Gasteiger charge is -2.20. The fourth-order valence-corrected chi connectivity index (χ4v) is 0.614. The summed E-state index contributed by atoms with van der Waals surface area (Å²) in [5.74, 6) is 0.624. The second kappa shape index (κ2) is 4.11. The average Bonchev–Trinajstić information content (AvgIpc) is 1.79. The van der Waals surface area contributed by atoms with Gasteiger partial charge in [0.25, 0.3) is 0 Å². The first-order chi connectivity index (χ1) is 4.95. The summed E-state index contributed by atoms with van der Waals surface area (Å²) in [6, 6.07) is 0. The van der Waals surface area contributed by atoms with Crippen molar-refractivity contribution >= 4 is 0 Å². The number of azo groups is 1. The minimum Gasteiger partial charge on any atom is -0.364 e. The van der Waals surface area contributed by atoms with Gasteiger partial charge >= 0.3 is 0 Å². The van der Waals surface area contributed by atoms with E-state index in [9.17, 15) is 0 Å². The first-order valence-corrected chi connectivity index (χ1v) is 3.80. The Morgan fingerprint density at radius 2 is 2.00 bits per heavy atom. The molecule has 0 bridgehead atoms. The summed E-state index contributed by atoms with van der Waals surface area (Å²) in [6.45, 7) is 12.5. The van der Waals surface area contributed by atoms with Crippen molar-refractivity contribution in [3.63, 3.8) is 0 Å². The van der Waals surface area contributed by atoms with Gasteiger partial charge in [0, 0.05) is 5.54 Å². The number of rotatable bonds is 3. The van der Waals surface area contributed by atoms with Crippen LogP contribution in [0.3, 0.4) is 0 Å². The van der Waals surface area contributed by atoms with Crippen LogP contribution in [0.15, 0.2) is 22.6 Å². The van der Waals surface area contributed by atoms with Gasteiger partial charge in [-0.25, -0.2) is 0 Å². The lowest BCUT2D eigenvalue weighted by Crippen LogP contribution is -2.33. The maximum atomic E-state index is 3.85. The highest BCUT2D eigenvalue weighted by Gasteiger charge is 2.08. The second-order valence-corrected chi connectivity index (χ2v) is 3.38. The molecule has 0 amide bonds. The van der Waals surface area contributed by atoms with Crippen LogP contribution in [0.5, 0.6) is 0 Å². The van der Waals surface area contributed by atoms with Gasteiger partial charge in [-0.1, -0.05) is 6.58 Å². The molecule has 64 valence electrons. The van der Waals surface area contributed by atoms with Gasteiger partial charge in [-0.3, -0.25) is 0 Å². The van der Waals surface area contributed by atoms with Crippen molar-refractivity contribution in [3.05, 3.63) is 12.4 Å². The molecule has 0 saturated carbocycles. The van der Waals surface area contributed by atoms with Gasteiger partial charge in [0.05, 0.1) is 6.54 Å². The van der Waals surface area contributed by atoms with Crippen LogP contribution >= 0.6 is 0 Å². The third kappa shape index (κ3) is 7.03. The Morgan fingerprint density at radius 1 is 1.45 bits per heavy atom. The molecule has 1 N–H and O–H groups in total. The predicted octanol–water partition coefficient (Wildman–Crippen LogP) is 2.32. The maximum Gasteiger partial charge on any atom is 0.141 e. The molecule has 0 fully saturated rings. The van der Waals surface area contributed by atoms with Crippen molar-refractivity contribution in [2.45, 2.75) is 33.2 Å². The number of hydrogen-bond acceptors (Lipinski definition) is 3. The minimum absolute atomic E-state index is 0.0177. The lowest BCUT2D eigenvalue weighted by molar-refractivity contribution is 0.468. The van der Waals surface area contributed by atoms with Crippen LogP contribution in [0.25, 0.3) is 0 Å². The van der Waals surface area contributed by atoms with E-state index < -0.39 is 0 Å². The summed E-state index contributed by atoms with van der Waals surface area (Å²) in [6.07, 6.45) is 0. The molecule has 0 rings (SSSR count). The molecule has 0 aromatic rings. The molecule has 0 saturated heterocycles. The summed E-state index contributed by atoms with van der Waals surface area (Å²) in [7, 11) is 0. The van der Waals surface area contributed by atoms with Gasteiger partial charge in [-0.15, -0.1) is 5.11 Å². The van der Waals surface area contributed by atoms with Crippen molar-refractivity contribution in [2.75, 3.05) is 6.54 Å². The van der Waals surface area contributed by atoms with E-state index in [4.69, 9.17) is 0 Å². The van der Waals surface area contributed by atoms with E-state index >= 15 is 0 Å². The normalized spacial score (nSPS) is 12.0. The summed E-state index contributed by atoms with van der Waals surface area (Å²) in [5, 5.41) is 10.8.